The molecule has 0 saturated heterocycles. The highest BCUT2D eigenvalue weighted by Gasteiger charge is 2.43. The van der Waals surface area contributed by atoms with Crippen LogP contribution in [0.2, 0.25) is 0 Å². The maximum Gasteiger partial charge on any atom is 0.509 e. The van der Waals surface area contributed by atoms with E-state index in [9.17, 15) is 14.4 Å². The van der Waals surface area contributed by atoms with Gasteiger partial charge in [-0.05, 0) is 85.1 Å². The molecule has 0 fully saturated rings. The fourth-order valence-corrected chi connectivity index (χ4v) is 7.16. The number of ether oxygens (including phenoxy) is 9. The average molecular weight is 830 g/mol. The van der Waals surface area contributed by atoms with Crippen LogP contribution in [0.5, 0.6) is 17.2 Å². The summed E-state index contributed by atoms with van der Waals surface area (Å²) in [5, 5.41) is 3.75. The molecule has 5 rings (SSSR count). The van der Waals surface area contributed by atoms with Gasteiger partial charge in [0.25, 0.3) is 0 Å². The van der Waals surface area contributed by atoms with Gasteiger partial charge in [-0.3, -0.25) is 4.79 Å². The van der Waals surface area contributed by atoms with E-state index in [1.807, 2.05) is 67.6 Å². The van der Waals surface area contributed by atoms with Crippen LogP contribution in [-0.4, -0.2) is 69.0 Å². The van der Waals surface area contributed by atoms with E-state index in [1.165, 1.54) is 0 Å². The fourth-order valence-electron chi connectivity index (χ4n) is 7.16. The minimum absolute atomic E-state index is 0.0725. The minimum atomic E-state index is -0.909. The molecule has 324 valence electrons. The quantitative estimate of drug-likeness (QED) is 0.0847. The van der Waals surface area contributed by atoms with Gasteiger partial charge >= 0.3 is 12.2 Å². The van der Waals surface area contributed by atoms with Gasteiger partial charge in [0.05, 0.1) is 52.1 Å². The third-order valence-corrected chi connectivity index (χ3v) is 9.76. The van der Waals surface area contributed by atoms with Gasteiger partial charge in [-0.25, -0.2) is 9.59 Å². The number of carbonyl (C=O) groups excluding carboxylic acids is 3. The molecule has 0 saturated carbocycles. The van der Waals surface area contributed by atoms with Gasteiger partial charge in [0.2, 0.25) is 0 Å². The zero-order valence-corrected chi connectivity index (χ0v) is 36.5. The van der Waals surface area contributed by atoms with Gasteiger partial charge in [-0.2, -0.15) is 0 Å². The normalized spacial score (nSPS) is 17.5. The second-order valence-corrected chi connectivity index (χ2v) is 16.6. The molecule has 1 aliphatic heterocycles. The van der Waals surface area contributed by atoms with E-state index in [-0.39, 0.29) is 31.8 Å². The van der Waals surface area contributed by atoms with Crippen LogP contribution in [0, 0.1) is 0 Å². The Labute approximate surface area is 352 Å². The number of ketones is 1. The van der Waals surface area contributed by atoms with E-state index in [0.717, 1.165) is 11.1 Å². The number of amides is 1. The molecule has 1 aliphatic rings. The molecule has 0 aliphatic carbocycles. The lowest BCUT2D eigenvalue weighted by atomic mass is 9.86. The summed E-state index contributed by atoms with van der Waals surface area (Å²) >= 11 is 0. The number of alkyl carbamates (subject to hydrolysis) is 1. The Balaban J connectivity index is 1.60. The molecule has 0 radical (unpaired) electrons. The fraction of sp³-hybridized carbons (Fsp3) is 0.468. The Hall–Kier alpha value is -5.37. The first-order chi connectivity index (χ1) is 28.4. The van der Waals surface area contributed by atoms with E-state index in [0.29, 0.717) is 44.7 Å². The molecule has 1 heterocycles. The Morgan fingerprint density at radius 2 is 1.28 bits per heavy atom. The third kappa shape index (κ3) is 11.5. The molecule has 0 bridgehead atoms. The van der Waals surface area contributed by atoms with Crippen LogP contribution in [0.25, 0.3) is 10.8 Å². The molecule has 13 nitrogen and oxygen atoms in total. The van der Waals surface area contributed by atoms with Crippen molar-refractivity contribution in [3.63, 3.8) is 0 Å². The lowest BCUT2D eigenvalue weighted by Crippen LogP contribution is -2.46. The SMILES string of the molecule is COc1ccc(C(=O)CC[C@H](NC(=O)OC(C)(C)C)[C@@H](C)OC(=O)OC(C)(C)C)c2c(OC)c3c(c(OC)c12)[C@H](C)O[C@@H](OCc1ccccc1)[C@H]3OCc1ccccc1. The Morgan fingerprint density at radius 3 is 1.83 bits per heavy atom. The van der Waals surface area contributed by atoms with Gasteiger partial charge in [0.1, 0.15) is 40.7 Å². The van der Waals surface area contributed by atoms with Gasteiger partial charge in [0.15, 0.2) is 12.1 Å². The molecular weight excluding hydrogens is 771 g/mol. The number of hydrogen-bond acceptors (Lipinski definition) is 12. The van der Waals surface area contributed by atoms with Gasteiger partial charge in [-0.15, -0.1) is 0 Å². The number of fused-ring (bicyclic) bond motifs is 2. The first-order valence-corrected chi connectivity index (χ1v) is 20.1. The van der Waals surface area contributed by atoms with Crippen molar-refractivity contribution < 1.29 is 57.0 Å². The molecule has 13 heteroatoms. The van der Waals surface area contributed by atoms with Crippen LogP contribution in [0.3, 0.4) is 0 Å². The number of benzene rings is 4. The molecule has 5 atom stereocenters. The first-order valence-electron chi connectivity index (χ1n) is 20.1. The van der Waals surface area contributed by atoms with Crippen molar-refractivity contribution in [1.82, 2.24) is 5.32 Å². The van der Waals surface area contributed by atoms with E-state index >= 15 is 0 Å². The summed E-state index contributed by atoms with van der Waals surface area (Å²) in [5.74, 6) is 0.954. The molecule has 0 unspecified atom stereocenters. The van der Waals surface area contributed by atoms with Crippen molar-refractivity contribution in [1.29, 1.82) is 0 Å². The van der Waals surface area contributed by atoms with Crippen molar-refractivity contribution in [2.75, 3.05) is 21.3 Å². The van der Waals surface area contributed by atoms with E-state index < -0.39 is 54.1 Å². The standard InChI is InChI=1S/C47H59NO12/c1-28(58-45(51)60-47(6,7)8)33(48-44(50)59-46(3,4)5)23-24-34(49)32-22-25-35(52-9)38-37(32)41(54-11)39-36(40(38)53-10)29(2)57-43(56-27-31-20-16-13-17-21-31)42(39)55-26-30-18-14-12-15-19-30/h12-22,25,28-29,33,42-43H,23-24,26-27H2,1-11H3,(H,48,50)/t28-,29+,33+,42+,43-/m1/s1. The molecule has 4 aromatic rings. The molecule has 0 spiro atoms. The number of carbonyl (C=O) groups is 3. The number of rotatable bonds is 16. The molecular formula is C47H59NO12. The summed E-state index contributed by atoms with van der Waals surface area (Å²) in [4.78, 5) is 40.4. The second-order valence-electron chi connectivity index (χ2n) is 16.6. The van der Waals surface area contributed by atoms with Crippen LogP contribution in [0.15, 0.2) is 72.8 Å². The molecule has 0 aromatic heterocycles. The summed E-state index contributed by atoms with van der Waals surface area (Å²) in [7, 11) is 4.64. The third-order valence-electron chi connectivity index (χ3n) is 9.76. The van der Waals surface area contributed by atoms with E-state index in [2.05, 4.69) is 5.32 Å². The Bertz CT molecular complexity index is 2090. The van der Waals surface area contributed by atoms with E-state index in [4.69, 9.17) is 42.6 Å². The predicted octanol–water partition coefficient (Wildman–Crippen LogP) is 9.95. The van der Waals surface area contributed by atoms with E-state index in [1.54, 1.807) is 81.9 Å². The average Bonchev–Trinajstić information content (AvgIpc) is 3.19. The monoisotopic (exact) mass is 829 g/mol. The van der Waals surface area contributed by atoms with Crippen LogP contribution < -0.4 is 19.5 Å². The number of methoxy groups -OCH3 is 3. The first kappa shape index (κ1) is 45.7. The summed E-state index contributed by atoms with van der Waals surface area (Å²) in [5.41, 5.74) is 1.86. The van der Waals surface area contributed by atoms with Crippen LogP contribution in [0.4, 0.5) is 9.59 Å². The zero-order valence-electron chi connectivity index (χ0n) is 36.5. The lowest BCUT2D eigenvalue weighted by Gasteiger charge is -2.39. The number of Topliss-reactive ketones (excluding diaryl/α,β-unsaturated/α-hetero) is 1. The predicted molar refractivity (Wildman–Crippen MR) is 226 cm³/mol. The largest absolute Gasteiger partial charge is 0.509 e. The molecule has 60 heavy (non-hydrogen) atoms. The van der Waals surface area contributed by atoms with Crippen molar-refractivity contribution in [2.45, 2.75) is 123 Å². The Kier molecular flexibility index (Phi) is 15.1. The minimum Gasteiger partial charge on any atom is -0.496 e. The van der Waals surface area contributed by atoms with Gasteiger partial charge < -0.3 is 47.9 Å². The topological polar surface area (TPSA) is 146 Å². The Morgan fingerprint density at radius 1 is 0.717 bits per heavy atom. The van der Waals surface area contributed by atoms with Crippen molar-refractivity contribution in [3.8, 4) is 17.2 Å². The number of nitrogens with one attached hydrogen (secondary N) is 1. The zero-order chi connectivity index (χ0) is 43.8. The lowest BCUT2D eigenvalue weighted by molar-refractivity contribution is -0.246. The van der Waals surface area contributed by atoms with Crippen molar-refractivity contribution >= 4 is 28.8 Å². The highest BCUT2D eigenvalue weighted by atomic mass is 16.7. The molecule has 4 aromatic carbocycles. The van der Waals surface area contributed by atoms with Crippen LogP contribution >= 0.6 is 0 Å². The van der Waals surface area contributed by atoms with Crippen LogP contribution in [0.1, 0.15) is 113 Å². The van der Waals surface area contributed by atoms with Crippen molar-refractivity contribution in [3.05, 3.63) is 101 Å². The smallest absolute Gasteiger partial charge is 0.496 e. The van der Waals surface area contributed by atoms with Crippen LogP contribution in [-0.2, 0) is 41.6 Å². The highest BCUT2D eigenvalue weighted by Crippen LogP contribution is 2.55. The molecule has 1 N–H and O–H groups in total. The van der Waals surface area contributed by atoms with Gasteiger partial charge in [-0.1, -0.05) is 60.7 Å². The highest BCUT2D eigenvalue weighted by molar-refractivity contribution is 6.14. The maximum atomic E-state index is 14.6. The summed E-state index contributed by atoms with van der Waals surface area (Å²) < 4.78 is 54.7. The summed E-state index contributed by atoms with van der Waals surface area (Å²) in [6.45, 7) is 14.4. The van der Waals surface area contributed by atoms with Crippen molar-refractivity contribution in [2.24, 2.45) is 0 Å². The second kappa shape index (κ2) is 19.8. The maximum absolute atomic E-state index is 14.6. The summed E-state index contributed by atoms with van der Waals surface area (Å²) in [6, 6.07) is 22.1. The number of hydrogen-bond donors (Lipinski definition) is 1. The molecule has 1 amide bonds. The summed E-state index contributed by atoms with van der Waals surface area (Å²) in [6.07, 6.45) is -4.83. The van der Waals surface area contributed by atoms with Gasteiger partial charge in [0, 0.05) is 28.5 Å².